The normalized spacial score (nSPS) is 16.7. The number of hydrogen-bond acceptors (Lipinski definition) is 3. The maximum absolute atomic E-state index is 12.8. The van der Waals surface area contributed by atoms with Crippen LogP contribution >= 0.6 is 0 Å². The Bertz CT molecular complexity index is 813. The van der Waals surface area contributed by atoms with E-state index >= 15 is 0 Å². The molecule has 1 saturated heterocycles. The number of rotatable bonds is 4. The van der Waals surface area contributed by atoms with Gasteiger partial charge in [-0.05, 0) is 54.5 Å². The first-order chi connectivity index (χ1) is 13.2. The molecule has 0 aliphatic carbocycles. The maximum atomic E-state index is 12.8. The number of anilines is 1. The molecule has 0 radical (unpaired) electrons. The highest BCUT2D eigenvalue weighted by atomic mass is 16.3. The van der Waals surface area contributed by atoms with Gasteiger partial charge in [-0.15, -0.1) is 0 Å². The second kappa shape index (κ2) is 7.96. The SMILES string of the molecule is Cc1ccccc1C(=O)N1CCC(O)(CNc2ccc(C(C)(C)C)cc2)CC1. The predicted molar refractivity (Wildman–Crippen MR) is 115 cm³/mol. The van der Waals surface area contributed by atoms with E-state index in [9.17, 15) is 9.90 Å². The van der Waals surface area contributed by atoms with Gasteiger partial charge in [0.1, 0.15) is 0 Å². The Kier molecular flexibility index (Phi) is 5.80. The third kappa shape index (κ3) is 4.74. The number of piperidine rings is 1. The predicted octanol–water partition coefficient (Wildman–Crippen LogP) is 4.37. The van der Waals surface area contributed by atoms with Crippen molar-refractivity contribution in [1.29, 1.82) is 0 Å². The van der Waals surface area contributed by atoms with Crippen molar-refractivity contribution in [2.24, 2.45) is 0 Å². The molecule has 4 heteroatoms. The van der Waals surface area contributed by atoms with Crippen LogP contribution < -0.4 is 5.32 Å². The minimum Gasteiger partial charge on any atom is -0.388 e. The van der Waals surface area contributed by atoms with Crippen molar-refractivity contribution in [3.8, 4) is 0 Å². The third-order valence-electron chi connectivity index (χ3n) is 5.73. The highest BCUT2D eigenvalue weighted by Crippen LogP contribution is 2.26. The number of carbonyl (C=O) groups is 1. The van der Waals surface area contributed by atoms with Crippen LogP contribution in [0.2, 0.25) is 0 Å². The molecule has 0 aromatic heterocycles. The van der Waals surface area contributed by atoms with E-state index in [4.69, 9.17) is 0 Å². The van der Waals surface area contributed by atoms with Gasteiger partial charge in [-0.3, -0.25) is 4.79 Å². The van der Waals surface area contributed by atoms with Gasteiger partial charge in [0.2, 0.25) is 0 Å². The highest BCUT2D eigenvalue weighted by Gasteiger charge is 2.34. The summed E-state index contributed by atoms with van der Waals surface area (Å²) in [7, 11) is 0. The summed E-state index contributed by atoms with van der Waals surface area (Å²) in [6.07, 6.45) is 1.16. The fraction of sp³-hybridized carbons (Fsp3) is 0.458. The molecular weight excluding hydrogens is 348 g/mol. The Morgan fingerprint density at radius 2 is 1.68 bits per heavy atom. The van der Waals surface area contributed by atoms with Gasteiger partial charge in [0.15, 0.2) is 0 Å². The monoisotopic (exact) mass is 380 g/mol. The first-order valence-electron chi connectivity index (χ1n) is 10.1. The number of amides is 1. The van der Waals surface area contributed by atoms with Crippen LogP contribution in [0.3, 0.4) is 0 Å². The molecule has 1 aliphatic rings. The Balaban J connectivity index is 1.55. The van der Waals surface area contributed by atoms with E-state index in [0.29, 0.717) is 32.5 Å². The molecule has 0 saturated carbocycles. The van der Waals surface area contributed by atoms with E-state index in [1.165, 1.54) is 5.56 Å². The van der Waals surface area contributed by atoms with Crippen LogP contribution in [0.15, 0.2) is 48.5 Å². The van der Waals surface area contributed by atoms with Crippen LogP contribution in [0, 0.1) is 6.92 Å². The van der Waals surface area contributed by atoms with Crippen LogP contribution in [-0.4, -0.2) is 41.1 Å². The van der Waals surface area contributed by atoms with E-state index in [1.54, 1.807) is 0 Å². The van der Waals surface area contributed by atoms with E-state index < -0.39 is 5.60 Å². The molecule has 1 amide bonds. The van der Waals surface area contributed by atoms with E-state index in [0.717, 1.165) is 16.8 Å². The van der Waals surface area contributed by atoms with Gasteiger partial charge in [-0.25, -0.2) is 0 Å². The van der Waals surface area contributed by atoms with E-state index in [1.807, 2.05) is 36.1 Å². The topological polar surface area (TPSA) is 52.6 Å². The van der Waals surface area contributed by atoms with Gasteiger partial charge >= 0.3 is 0 Å². The molecule has 1 fully saturated rings. The molecule has 0 bridgehead atoms. The minimum absolute atomic E-state index is 0.0610. The maximum Gasteiger partial charge on any atom is 0.254 e. The molecule has 1 aliphatic heterocycles. The fourth-order valence-corrected chi connectivity index (χ4v) is 3.64. The Morgan fingerprint density at radius 3 is 2.25 bits per heavy atom. The van der Waals surface area contributed by atoms with Gasteiger partial charge in [-0.1, -0.05) is 51.1 Å². The van der Waals surface area contributed by atoms with Crippen molar-refractivity contribution in [3.63, 3.8) is 0 Å². The lowest BCUT2D eigenvalue weighted by Crippen LogP contribution is -2.50. The third-order valence-corrected chi connectivity index (χ3v) is 5.73. The summed E-state index contributed by atoms with van der Waals surface area (Å²) in [5, 5.41) is 14.3. The Morgan fingerprint density at radius 1 is 1.07 bits per heavy atom. The zero-order chi connectivity index (χ0) is 20.4. The first kappa shape index (κ1) is 20.4. The van der Waals surface area contributed by atoms with Crippen molar-refractivity contribution in [3.05, 3.63) is 65.2 Å². The van der Waals surface area contributed by atoms with Crippen LogP contribution in [-0.2, 0) is 5.41 Å². The molecule has 150 valence electrons. The van der Waals surface area contributed by atoms with Gasteiger partial charge in [0.05, 0.1) is 5.60 Å². The first-order valence-corrected chi connectivity index (χ1v) is 10.1. The van der Waals surface area contributed by atoms with E-state index in [2.05, 4.69) is 50.4 Å². The van der Waals surface area contributed by atoms with Crippen LogP contribution in [0.5, 0.6) is 0 Å². The fourth-order valence-electron chi connectivity index (χ4n) is 3.64. The van der Waals surface area contributed by atoms with Gasteiger partial charge in [0.25, 0.3) is 5.91 Å². The molecule has 4 nitrogen and oxygen atoms in total. The summed E-state index contributed by atoms with van der Waals surface area (Å²) in [5.41, 5.74) is 3.40. The number of benzene rings is 2. The van der Waals surface area contributed by atoms with Gasteiger partial charge in [0, 0.05) is 30.9 Å². The van der Waals surface area contributed by atoms with Crippen LogP contribution in [0.1, 0.15) is 55.1 Å². The lowest BCUT2D eigenvalue weighted by molar-refractivity contribution is -0.00644. The van der Waals surface area contributed by atoms with E-state index in [-0.39, 0.29) is 11.3 Å². The molecule has 0 atom stereocenters. The second-order valence-corrected chi connectivity index (χ2v) is 9.01. The molecule has 0 unspecified atom stereocenters. The summed E-state index contributed by atoms with van der Waals surface area (Å²) < 4.78 is 0. The van der Waals surface area contributed by atoms with Crippen molar-refractivity contribution in [2.75, 3.05) is 25.0 Å². The summed E-state index contributed by atoms with van der Waals surface area (Å²) in [6, 6.07) is 16.1. The summed E-state index contributed by atoms with van der Waals surface area (Å²) in [6.45, 7) is 10.2. The molecule has 2 aromatic rings. The molecule has 3 rings (SSSR count). The summed E-state index contributed by atoms with van der Waals surface area (Å²) in [4.78, 5) is 14.6. The number of carbonyl (C=O) groups excluding carboxylic acids is 1. The minimum atomic E-state index is -0.786. The second-order valence-electron chi connectivity index (χ2n) is 9.01. The van der Waals surface area contributed by atoms with Crippen molar-refractivity contribution < 1.29 is 9.90 Å². The van der Waals surface area contributed by atoms with Crippen molar-refractivity contribution in [1.82, 2.24) is 4.90 Å². The largest absolute Gasteiger partial charge is 0.388 e. The smallest absolute Gasteiger partial charge is 0.254 e. The van der Waals surface area contributed by atoms with Gasteiger partial charge in [-0.2, -0.15) is 0 Å². The zero-order valence-corrected chi connectivity index (χ0v) is 17.5. The molecule has 2 N–H and O–H groups in total. The number of aliphatic hydroxyl groups is 1. The Labute approximate surface area is 168 Å². The molecular formula is C24H32N2O2. The van der Waals surface area contributed by atoms with Crippen LogP contribution in [0.4, 0.5) is 5.69 Å². The number of nitrogens with zero attached hydrogens (tertiary/aromatic N) is 1. The van der Waals surface area contributed by atoms with Crippen LogP contribution in [0.25, 0.3) is 0 Å². The number of hydrogen-bond donors (Lipinski definition) is 2. The molecule has 0 spiro atoms. The molecule has 1 heterocycles. The lowest BCUT2D eigenvalue weighted by Gasteiger charge is -2.38. The average Bonchev–Trinajstić information content (AvgIpc) is 2.67. The standard InChI is InChI=1S/C24H32N2O2/c1-18-7-5-6-8-21(18)22(27)26-15-13-24(28,14-16-26)17-25-20-11-9-19(10-12-20)23(2,3)4/h5-12,25,28H,13-17H2,1-4H3. The van der Waals surface area contributed by atoms with Crippen molar-refractivity contribution >= 4 is 11.6 Å². The Hall–Kier alpha value is -2.33. The number of aryl methyl sites for hydroxylation is 1. The zero-order valence-electron chi connectivity index (χ0n) is 17.5. The molecule has 28 heavy (non-hydrogen) atoms. The molecule has 2 aromatic carbocycles. The quantitative estimate of drug-likeness (QED) is 0.828. The number of likely N-dealkylation sites (tertiary alicyclic amines) is 1. The highest BCUT2D eigenvalue weighted by molar-refractivity contribution is 5.95. The van der Waals surface area contributed by atoms with Gasteiger partial charge < -0.3 is 15.3 Å². The summed E-state index contributed by atoms with van der Waals surface area (Å²) in [5.74, 6) is 0.0610. The lowest BCUT2D eigenvalue weighted by atomic mass is 9.87. The number of nitrogens with one attached hydrogen (secondary N) is 1. The average molecular weight is 381 g/mol. The van der Waals surface area contributed by atoms with Crippen molar-refractivity contribution in [2.45, 2.75) is 51.6 Å². The summed E-state index contributed by atoms with van der Waals surface area (Å²) >= 11 is 0.